The number of fused-ring (bicyclic) bond motifs is 1. The van der Waals surface area contributed by atoms with Crippen molar-refractivity contribution in [3.8, 4) is 0 Å². The molecule has 0 saturated carbocycles. The standard InChI is InChI=1S/C15H18FNO2/c1-14(2)9-17-5-4-15(14,18)12-8-11(16)7-10-3-6-19-13(10)12/h3,6-8,17-18H,4-5,9H2,1-2H3. The minimum atomic E-state index is -1.09. The van der Waals surface area contributed by atoms with Crippen LogP contribution in [0.25, 0.3) is 11.0 Å². The van der Waals surface area contributed by atoms with Gasteiger partial charge >= 0.3 is 0 Å². The molecular weight excluding hydrogens is 245 g/mol. The van der Waals surface area contributed by atoms with Crippen LogP contribution in [0.15, 0.2) is 28.9 Å². The molecule has 0 radical (unpaired) electrons. The van der Waals surface area contributed by atoms with E-state index in [0.29, 0.717) is 36.0 Å². The van der Waals surface area contributed by atoms with Gasteiger partial charge in [-0.05, 0) is 31.2 Å². The fraction of sp³-hybridized carbons (Fsp3) is 0.467. The smallest absolute Gasteiger partial charge is 0.140 e. The zero-order chi connectivity index (χ0) is 13.7. The van der Waals surface area contributed by atoms with Gasteiger partial charge in [0.15, 0.2) is 0 Å². The van der Waals surface area contributed by atoms with E-state index >= 15 is 0 Å². The van der Waals surface area contributed by atoms with Crippen molar-refractivity contribution in [1.29, 1.82) is 0 Å². The summed E-state index contributed by atoms with van der Waals surface area (Å²) >= 11 is 0. The third-order valence-corrected chi connectivity index (χ3v) is 4.31. The number of furan rings is 1. The van der Waals surface area contributed by atoms with Gasteiger partial charge in [0.1, 0.15) is 17.0 Å². The molecule has 0 amide bonds. The van der Waals surface area contributed by atoms with Crippen molar-refractivity contribution in [3.63, 3.8) is 0 Å². The van der Waals surface area contributed by atoms with Crippen LogP contribution >= 0.6 is 0 Å². The third-order valence-electron chi connectivity index (χ3n) is 4.31. The Morgan fingerprint density at radius 3 is 2.89 bits per heavy atom. The van der Waals surface area contributed by atoms with E-state index in [-0.39, 0.29) is 5.82 Å². The molecule has 102 valence electrons. The Bertz CT molecular complexity index is 620. The van der Waals surface area contributed by atoms with Crippen molar-refractivity contribution in [2.45, 2.75) is 25.9 Å². The van der Waals surface area contributed by atoms with E-state index in [1.165, 1.54) is 18.4 Å². The first-order chi connectivity index (χ1) is 8.94. The van der Waals surface area contributed by atoms with E-state index in [1.54, 1.807) is 6.07 Å². The number of nitrogens with one attached hydrogen (secondary N) is 1. The van der Waals surface area contributed by atoms with Crippen LogP contribution in [-0.4, -0.2) is 18.2 Å². The molecule has 1 unspecified atom stereocenters. The minimum Gasteiger partial charge on any atom is -0.464 e. The molecule has 19 heavy (non-hydrogen) atoms. The first kappa shape index (κ1) is 12.6. The summed E-state index contributed by atoms with van der Waals surface area (Å²) in [4.78, 5) is 0. The Labute approximate surface area is 111 Å². The predicted octanol–water partition coefficient (Wildman–Crippen LogP) is 2.78. The fourth-order valence-corrected chi connectivity index (χ4v) is 3.01. The molecule has 1 aromatic heterocycles. The summed E-state index contributed by atoms with van der Waals surface area (Å²) in [6.45, 7) is 5.36. The summed E-state index contributed by atoms with van der Waals surface area (Å²) in [5, 5.41) is 15.1. The quantitative estimate of drug-likeness (QED) is 0.831. The molecule has 1 saturated heterocycles. The lowest BCUT2D eigenvalue weighted by molar-refractivity contribution is -0.0940. The van der Waals surface area contributed by atoms with Crippen LogP contribution < -0.4 is 5.32 Å². The zero-order valence-corrected chi connectivity index (χ0v) is 11.2. The number of aliphatic hydroxyl groups is 1. The molecule has 0 aliphatic carbocycles. The summed E-state index contributed by atoms with van der Waals surface area (Å²) in [7, 11) is 0. The van der Waals surface area contributed by atoms with Crippen LogP contribution in [0.1, 0.15) is 25.8 Å². The van der Waals surface area contributed by atoms with Gasteiger partial charge in [-0.3, -0.25) is 0 Å². The van der Waals surface area contributed by atoms with Gasteiger partial charge in [-0.15, -0.1) is 0 Å². The van der Waals surface area contributed by atoms with Crippen molar-refractivity contribution < 1.29 is 13.9 Å². The van der Waals surface area contributed by atoms with Crippen molar-refractivity contribution >= 4 is 11.0 Å². The summed E-state index contributed by atoms with van der Waals surface area (Å²) in [5.41, 5.74) is -0.340. The van der Waals surface area contributed by atoms with Gasteiger partial charge in [-0.2, -0.15) is 0 Å². The van der Waals surface area contributed by atoms with Crippen molar-refractivity contribution in [1.82, 2.24) is 5.32 Å². The lowest BCUT2D eigenvalue weighted by Crippen LogP contribution is -2.54. The second-order valence-electron chi connectivity index (χ2n) is 5.96. The van der Waals surface area contributed by atoms with Gasteiger partial charge in [0.2, 0.25) is 0 Å². The highest BCUT2D eigenvalue weighted by atomic mass is 19.1. The van der Waals surface area contributed by atoms with Gasteiger partial charge in [0.25, 0.3) is 0 Å². The molecule has 2 N–H and O–H groups in total. The van der Waals surface area contributed by atoms with Gasteiger partial charge in [-0.1, -0.05) is 13.8 Å². The first-order valence-electron chi connectivity index (χ1n) is 6.54. The summed E-state index contributed by atoms with van der Waals surface area (Å²) < 4.78 is 19.3. The minimum absolute atomic E-state index is 0.341. The highest BCUT2D eigenvalue weighted by Crippen LogP contribution is 2.46. The van der Waals surface area contributed by atoms with E-state index in [4.69, 9.17) is 4.42 Å². The maximum atomic E-state index is 13.8. The highest BCUT2D eigenvalue weighted by Gasteiger charge is 2.48. The van der Waals surface area contributed by atoms with Gasteiger partial charge in [0.05, 0.1) is 6.26 Å². The molecule has 4 heteroatoms. The number of hydrogen-bond acceptors (Lipinski definition) is 3. The lowest BCUT2D eigenvalue weighted by Gasteiger charge is -2.47. The molecule has 1 fully saturated rings. The second kappa shape index (κ2) is 4.05. The molecule has 3 rings (SSSR count). The topological polar surface area (TPSA) is 45.4 Å². The Morgan fingerprint density at radius 1 is 1.37 bits per heavy atom. The Morgan fingerprint density at radius 2 is 2.16 bits per heavy atom. The van der Waals surface area contributed by atoms with Crippen molar-refractivity contribution in [3.05, 3.63) is 35.8 Å². The number of rotatable bonds is 1. The Hall–Kier alpha value is -1.39. The van der Waals surface area contributed by atoms with Crippen LogP contribution in [0.2, 0.25) is 0 Å². The SMILES string of the molecule is CC1(C)CNCCC1(O)c1cc(F)cc2ccoc12. The second-order valence-corrected chi connectivity index (χ2v) is 5.96. The van der Waals surface area contributed by atoms with E-state index in [1.807, 2.05) is 13.8 Å². The van der Waals surface area contributed by atoms with Gasteiger partial charge in [0, 0.05) is 22.9 Å². The normalized spacial score (nSPS) is 26.7. The summed E-state index contributed by atoms with van der Waals surface area (Å²) in [6.07, 6.45) is 2.07. The van der Waals surface area contributed by atoms with Crippen LogP contribution in [0, 0.1) is 11.2 Å². The van der Waals surface area contributed by atoms with Crippen molar-refractivity contribution in [2.24, 2.45) is 5.41 Å². The molecule has 1 aliphatic heterocycles. The number of hydrogen-bond donors (Lipinski definition) is 2. The number of halogens is 1. The number of piperidine rings is 1. The monoisotopic (exact) mass is 263 g/mol. The average Bonchev–Trinajstić information content (AvgIpc) is 2.79. The van der Waals surface area contributed by atoms with Crippen LogP contribution in [0.5, 0.6) is 0 Å². The maximum absolute atomic E-state index is 13.8. The Kier molecular flexibility index (Phi) is 2.69. The van der Waals surface area contributed by atoms with E-state index < -0.39 is 11.0 Å². The van der Waals surface area contributed by atoms with E-state index in [2.05, 4.69) is 5.32 Å². The Balaban J connectivity index is 2.25. The molecule has 2 aromatic rings. The van der Waals surface area contributed by atoms with Crippen LogP contribution in [-0.2, 0) is 5.60 Å². The number of benzene rings is 1. The third kappa shape index (κ3) is 1.78. The van der Waals surface area contributed by atoms with Gasteiger partial charge in [-0.25, -0.2) is 4.39 Å². The first-order valence-corrected chi connectivity index (χ1v) is 6.54. The van der Waals surface area contributed by atoms with Crippen molar-refractivity contribution in [2.75, 3.05) is 13.1 Å². The van der Waals surface area contributed by atoms with Crippen LogP contribution in [0.4, 0.5) is 4.39 Å². The molecule has 2 heterocycles. The highest BCUT2D eigenvalue weighted by molar-refractivity contribution is 5.81. The summed E-state index contributed by atoms with van der Waals surface area (Å²) in [5.74, 6) is -0.341. The van der Waals surface area contributed by atoms with Gasteiger partial charge < -0.3 is 14.8 Å². The molecule has 1 aromatic carbocycles. The summed E-state index contributed by atoms with van der Waals surface area (Å²) in [6, 6.07) is 4.55. The molecular formula is C15H18FNO2. The largest absolute Gasteiger partial charge is 0.464 e. The predicted molar refractivity (Wildman–Crippen MR) is 71.3 cm³/mol. The van der Waals surface area contributed by atoms with Crippen LogP contribution in [0.3, 0.4) is 0 Å². The van der Waals surface area contributed by atoms with E-state index in [9.17, 15) is 9.50 Å². The average molecular weight is 263 g/mol. The zero-order valence-electron chi connectivity index (χ0n) is 11.2. The molecule has 1 atom stereocenters. The van der Waals surface area contributed by atoms with E-state index in [0.717, 1.165) is 0 Å². The molecule has 0 bridgehead atoms. The molecule has 0 spiro atoms. The maximum Gasteiger partial charge on any atom is 0.140 e. The fourth-order valence-electron chi connectivity index (χ4n) is 3.01. The lowest BCUT2D eigenvalue weighted by atomic mass is 9.67. The molecule has 3 nitrogen and oxygen atoms in total. The molecule has 1 aliphatic rings.